The van der Waals surface area contributed by atoms with E-state index in [1.54, 1.807) is 12.4 Å². The molecule has 1 N–H and O–H groups in total. The van der Waals surface area contributed by atoms with Gasteiger partial charge in [-0.2, -0.15) is 0 Å². The second-order valence-corrected chi connectivity index (χ2v) is 5.16. The lowest BCUT2D eigenvalue weighted by molar-refractivity contribution is 0.226. The van der Waals surface area contributed by atoms with Crippen LogP contribution in [-0.2, 0) is 0 Å². The van der Waals surface area contributed by atoms with Gasteiger partial charge in [-0.25, -0.2) is 9.97 Å². The number of likely N-dealkylation sites (tertiary alicyclic amines) is 1. The number of hydrogen-bond donors (Lipinski definition) is 1. The van der Waals surface area contributed by atoms with Gasteiger partial charge in [0.25, 0.3) is 0 Å². The molecule has 0 atom stereocenters. The summed E-state index contributed by atoms with van der Waals surface area (Å²) in [5, 5.41) is 3.34. The maximum absolute atomic E-state index is 4.25. The molecule has 0 spiro atoms. The summed E-state index contributed by atoms with van der Waals surface area (Å²) in [5.74, 6) is 1.63. The van der Waals surface area contributed by atoms with Crippen molar-refractivity contribution in [3.05, 3.63) is 17.0 Å². The van der Waals surface area contributed by atoms with E-state index in [4.69, 9.17) is 0 Å². The summed E-state index contributed by atoms with van der Waals surface area (Å²) >= 11 is 3.27. The predicted molar refractivity (Wildman–Crippen MR) is 68.4 cm³/mol. The zero-order chi connectivity index (χ0) is 11.4. The summed E-state index contributed by atoms with van der Waals surface area (Å²) in [5.41, 5.74) is 0. The molecule has 1 aromatic rings. The van der Waals surface area contributed by atoms with Crippen LogP contribution in [0.5, 0.6) is 0 Å². The monoisotopic (exact) mass is 284 g/mol. The number of rotatable bonds is 3. The Balaban J connectivity index is 1.77. The molecule has 88 valence electrons. The molecule has 1 aromatic heterocycles. The fourth-order valence-electron chi connectivity index (χ4n) is 1.92. The Morgan fingerprint density at radius 1 is 1.38 bits per heavy atom. The van der Waals surface area contributed by atoms with E-state index < -0.39 is 0 Å². The van der Waals surface area contributed by atoms with Crippen LogP contribution in [0.4, 0.5) is 5.82 Å². The summed E-state index contributed by atoms with van der Waals surface area (Å²) in [6.45, 7) is 3.42. The Hall–Kier alpha value is -0.680. The number of hydrogen-bond acceptors (Lipinski definition) is 4. The topological polar surface area (TPSA) is 41.0 Å². The molecule has 1 saturated heterocycles. The first-order valence-electron chi connectivity index (χ1n) is 5.64. The summed E-state index contributed by atoms with van der Waals surface area (Å²) in [7, 11) is 2.18. The van der Waals surface area contributed by atoms with Crippen molar-refractivity contribution in [3.63, 3.8) is 0 Å². The Bertz CT molecular complexity index is 319. The number of nitrogens with zero attached hydrogens (tertiary/aromatic N) is 3. The van der Waals surface area contributed by atoms with Crippen molar-refractivity contribution < 1.29 is 0 Å². The minimum absolute atomic E-state index is 0.765. The van der Waals surface area contributed by atoms with Gasteiger partial charge in [-0.05, 0) is 54.8 Å². The SMILES string of the molecule is CN1CCC(CNc2cnc(Br)cn2)CC1. The lowest BCUT2D eigenvalue weighted by atomic mass is 9.97. The molecule has 1 aliphatic rings. The van der Waals surface area contributed by atoms with E-state index in [9.17, 15) is 0 Å². The minimum atomic E-state index is 0.765. The van der Waals surface area contributed by atoms with E-state index in [0.717, 1.165) is 22.9 Å². The third-order valence-corrected chi connectivity index (χ3v) is 3.44. The molecule has 0 amide bonds. The van der Waals surface area contributed by atoms with Gasteiger partial charge in [0.15, 0.2) is 0 Å². The highest BCUT2D eigenvalue weighted by molar-refractivity contribution is 9.10. The van der Waals surface area contributed by atoms with Gasteiger partial charge in [-0.3, -0.25) is 0 Å². The molecule has 1 fully saturated rings. The largest absolute Gasteiger partial charge is 0.369 e. The van der Waals surface area contributed by atoms with E-state index in [1.807, 2.05) is 0 Å². The second kappa shape index (κ2) is 5.59. The number of piperidine rings is 1. The van der Waals surface area contributed by atoms with Gasteiger partial charge in [-0.1, -0.05) is 0 Å². The Labute approximate surface area is 105 Å². The van der Waals surface area contributed by atoms with Crippen LogP contribution in [0, 0.1) is 5.92 Å². The number of halogens is 1. The van der Waals surface area contributed by atoms with Crippen LogP contribution >= 0.6 is 15.9 Å². The normalized spacial score (nSPS) is 18.6. The third kappa shape index (κ3) is 3.42. The fourth-order valence-corrected chi connectivity index (χ4v) is 2.12. The first-order valence-corrected chi connectivity index (χ1v) is 6.43. The van der Waals surface area contributed by atoms with Gasteiger partial charge in [-0.15, -0.1) is 0 Å². The fraction of sp³-hybridized carbons (Fsp3) is 0.636. The second-order valence-electron chi connectivity index (χ2n) is 4.35. The molecular weight excluding hydrogens is 268 g/mol. The van der Waals surface area contributed by atoms with Crippen LogP contribution < -0.4 is 5.32 Å². The number of nitrogens with one attached hydrogen (secondary N) is 1. The number of anilines is 1. The van der Waals surface area contributed by atoms with Gasteiger partial charge in [0.05, 0.1) is 12.4 Å². The van der Waals surface area contributed by atoms with Crippen molar-refractivity contribution in [2.45, 2.75) is 12.8 Å². The van der Waals surface area contributed by atoms with E-state index in [1.165, 1.54) is 25.9 Å². The molecule has 0 aliphatic carbocycles. The van der Waals surface area contributed by atoms with Gasteiger partial charge in [0.2, 0.25) is 0 Å². The van der Waals surface area contributed by atoms with Gasteiger partial charge in [0, 0.05) is 6.54 Å². The molecule has 2 heterocycles. The molecule has 0 bridgehead atoms. The lowest BCUT2D eigenvalue weighted by Crippen LogP contribution is -2.33. The summed E-state index contributed by atoms with van der Waals surface area (Å²) in [6, 6.07) is 0. The molecule has 1 aliphatic heterocycles. The van der Waals surface area contributed by atoms with Crippen LogP contribution in [-0.4, -0.2) is 41.5 Å². The molecule has 16 heavy (non-hydrogen) atoms. The zero-order valence-corrected chi connectivity index (χ0v) is 11.1. The van der Waals surface area contributed by atoms with E-state index in [-0.39, 0.29) is 0 Å². The van der Waals surface area contributed by atoms with Crippen molar-refractivity contribution in [1.82, 2.24) is 14.9 Å². The van der Waals surface area contributed by atoms with Crippen molar-refractivity contribution >= 4 is 21.7 Å². The van der Waals surface area contributed by atoms with Gasteiger partial charge >= 0.3 is 0 Å². The maximum Gasteiger partial charge on any atom is 0.144 e. The standard InChI is InChI=1S/C11H17BrN4/c1-16-4-2-9(3-5-16)6-14-11-8-13-10(12)7-15-11/h7-9H,2-6H2,1H3,(H,14,15). The highest BCUT2D eigenvalue weighted by Gasteiger charge is 2.16. The third-order valence-electron chi connectivity index (χ3n) is 3.03. The molecule has 0 radical (unpaired) electrons. The lowest BCUT2D eigenvalue weighted by Gasteiger charge is -2.29. The van der Waals surface area contributed by atoms with E-state index in [0.29, 0.717) is 0 Å². The van der Waals surface area contributed by atoms with Crippen LogP contribution in [0.25, 0.3) is 0 Å². The van der Waals surface area contributed by atoms with Crippen LogP contribution in [0.15, 0.2) is 17.0 Å². The molecule has 2 rings (SSSR count). The van der Waals surface area contributed by atoms with E-state index >= 15 is 0 Å². The number of aromatic nitrogens is 2. The quantitative estimate of drug-likeness (QED) is 0.922. The molecule has 0 saturated carbocycles. The first kappa shape index (κ1) is 11.8. The van der Waals surface area contributed by atoms with Crippen LogP contribution in [0.2, 0.25) is 0 Å². The zero-order valence-electron chi connectivity index (χ0n) is 9.49. The maximum atomic E-state index is 4.25. The smallest absolute Gasteiger partial charge is 0.144 e. The van der Waals surface area contributed by atoms with Gasteiger partial charge < -0.3 is 10.2 Å². The molecule has 0 aromatic carbocycles. The van der Waals surface area contributed by atoms with Crippen molar-refractivity contribution in [3.8, 4) is 0 Å². The van der Waals surface area contributed by atoms with Crippen molar-refractivity contribution in [1.29, 1.82) is 0 Å². The molecule has 4 nitrogen and oxygen atoms in total. The average molecular weight is 285 g/mol. The highest BCUT2D eigenvalue weighted by atomic mass is 79.9. The molecule has 5 heteroatoms. The van der Waals surface area contributed by atoms with Crippen LogP contribution in [0.3, 0.4) is 0 Å². The summed E-state index contributed by atoms with van der Waals surface area (Å²) in [6.07, 6.45) is 6.02. The van der Waals surface area contributed by atoms with Crippen LogP contribution in [0.1, 0.15) is 12.8 Å². The summed E-state index contributed by atoms with van der Waals surface area (Å²) < 4.78 is 0.775. The van der Waals surface area contributed by atoms with Crippen molar-refractivity contribution in [2.75, 3.05) is 32.0 Å². The Morgan fingerprint density at radius 3 is 2.75 bits per heavy atom. The summed E-state index contributed by atoms with van der Waals surface area (Å²) in [4.78, 5) is 10.8. The van der Waals surface area contributed by atoms with Crippen molar-refractivity contribution in [2.24, 2.45) is 5.92 Å². The predicted octanol–water partition coefficient (Wildman–Crippen LogP) is 1.99. The molecular formula is C11H17BrN4. The average Bonchev–Trinajstić information content (AvgIpc) is 2.30. The Kier molecular flexibility index (Phi) is 4.12. The highest BCUT2D eigenvalue weighted by Crippen LogP contribution is 2.16. The minimum Gasteiger partial charge on any atom is -0.369 e. The Morgan fingerprint density at radius 2 is 2.12 bits per heavy atom. The van der Waals surface area contributed by atoms with Gasteiger partial charge in [0.1, 0.15) is 10.4 Å². The van der Waals surface area contributed by atoms with E-state index in [2.05, 4.69) is 43.2 Å². The molecule has 0 unspecified atom stereocenters. The first-order chi connectivity index (χ1) is 7.74.